The number of anilines is 1. The van der Waals surface area contributed by atoms with Crippen molar-refractivity contribution in [2.24, 2.45) is 0 Å². The van der Waals surface area contributed by atoms with Crippen molar-refractivity contribution in [1.82, 2.24) is 14.5 Å². The summed E-state index contributed by atoms with van der Waals surface area (Å²) in [6.07, 6.45) is 3.78. The number of nitrogens with one attached hydrogen (secondary N) is 2. The van der Waals surface area contributed by atoms with Crippen molar-refractivity contribution in [3.8, 4) is 0 Å². The molecule has 0 saturated carbocycles. The van der Waals surface area contributed by atoms with Crippen molar-refractivity contribution in [2.45, 2.75) is 42.5 Å². The molecule has 2 aromatic rings. The van der Waals surface area contributed by atoms with Gasteiger partial charge in [0, 0.05) is 18.8 Å². The molecule has 2 aromatic carbocycles. The molecule has 34 heavy (non-hydrogen) atoms. The zero-order valence-electron chi connectivity index (χ0n) is 18.6. The van der Waals surface area contributed by atoms with Crippen LogP contribution in [0.15, 0.2) is 53.4 Å². The lowest BCUT2D eigenvalue weighted by molar-refractivity contribution is -0.134. The summed E-state index contributed by atoms with van der Waals surface area (Å²) in [5, 5.41) is 5.48. The highest BCUT2D eigenvalue weighted by Gasteiger charge is 2.54. The van der Waals surface area contributed by atoms with Crippen LogP contribution in [0.4, 0.5) is 10.5 Å². The van der Waals surface area contributed by atoms with Crippen LogP contribution in [0.1, 0.15) is 36.8 Å². The number of imide groups is 1. The van der Waals surface area contributed by atoms with Gasteiger partial charge in [-0.15, -0.1) is 0 Å². The molecule has 0 bridgehead atoms. The van der Waals surface area contributed by atoms with Crippen LogP contribution in [0, 0.1) is 0 Å². The van der Waals surface area contributed by atoms with Gasteiger partial charge < -0.3 is 10.6 Å². The predicted octanol–water partition coefficient (Wildman–Crippen LogP) is 2.19. The molecule has 1 spiro atoms. The van der Waals surface area contributed by atoms with Crippen LogP contribution < -0.4 is 10.6 Å². The summed E-state index contributed by atoms with van der Waals surface area (Å²) in [6.45, 7) is 0.597. The minimum Gasteiger partial charge on any atom is -0.325 e. The number of nitrogens with zero attached hydrogens (tertiary/aromatic N) is 2. The molecule has 2 fully saturated rings. The minimum atomic E-state index is -3.54. The number of aryl methyl sites for hydroxylation is 1. The number of hydrogen-bond donors (Lipinski definition) is 2. The van der Waals surface area contributed by atoms with Gasteiger partial charge in [-0.25, -0.2) is 13.2 Å². The van der Waals surface area contributed by atoms with Crippen LogP contribution >= 0.6 is 0 Å². The summed E-state index contributed by atoms with van der Waals surface area (Å²) in [4.78, 5) is 39.8. The molecular formula is C24H26N4O5S. The second-order valence-corrected chi connectivity index (χ2v) is 10.9. The molecular weight excluding hydrogens is 456 g/mol. The number of sulfonamides is 1. The van der Waals surface area contributed by atoms with E-state index in [1.807, 2.05) is 24.3 Å². The van der Waals surface area contributed by atoms with Gasteiger partial charge in [0.05, 0.1) is 4.90 Å². The van der Waals surface area contributed by atoms with Gasteiger partial charge >= 0.3 is 6.03 Å². The summed E-state index contributed by atoms with van der Waals surface area (Å²) < 4.78 is 26.8. The first-order valence-corrected chi connectivity index (χ1v) is 12.9. The van der Waals surface area contributed by atoms with E-state index in [4.69, 9.17) is 0 Å². The molecule has 10 heteroatoms. The Balaban J connectivity index is 1.27. The SMILES string of the molecule is O=C(CN1C(=O)N[C@]2(CCCc3ccccc32)C1=O)Nc1ccc(S(=O)(=O)N2CCCC2)cc1. The van der Waals surface area contributed by atoms with Crippen molar-refractivity contribution in [3.05, 3.63) is 59.7 Å². The largest absolute Gasteiger partial charge is 0.325 e. The van der Waals surface area contributed by atoms with Crippen molar-refractivity contribution in [2.75, 3.05) is 25.0 Å². The van der Waals surface area contributed by atoms with E-state index < -0.39 is 40.0 Å². The van der Waals surface area contributed by atoms with Crippen LogP contribution in [-0.4, -0.2) is 55.1 Å². The Labute approximate surface area is 198 Å². The van der Waals surface area contributed by atoms with Crippen molar-refractivity contribution in [3.63, 3.8) is 0 Å². The maximum Gasteiger partial charge on any atom is 0.325 e. The van der Waals surface area contributed by atoms with Crippen molar-refractivity contribution in [1.29, 1.82) is 0 Å². The molecule has 0 radical (unpaired) electrons. The number of hydrogen-bond acceptors (Lipinski definition) is 5. The predicted molar refractivity (Wildman–Crippen MR) is 124 cm³/mol. The number of amides is 4. The van der Waals surface area contributed by atoms with E-state index in [1.54, 1.807) is 0 Å². The van der Waals surface area contributed by atoms with Crippen molar-refractivity contribution < 1.29 is 22.8 Å². The lowest BCUT2D eigenvalue weighted by Gasteiger charge is -2.33. The monoisotopic (exact) mass is 482 g/mol. The maximum atomic E-state index is 13.3. The third-order valence-electron chi connectivity index (χ3n) is 6.79. The van der Waals surface area contributed by atoms with Gasteiger partial charge in [-0.05, 0) is 67.5 Å². The van der Waals surface area contributed by atoms with Gasteiger partial charge in [0.25, 0.3) is 5.91 Å². The topological polar surface area (TPSA) is 116 Å². The van der Waals surface area contributed by atoms with Crippen LogP contribution in [0.5, 0.6) is 0 Å². The molecule has 3 aliphatic rings. The standard InChI is InChI=1S/C24H26N4O5S/c29-21(25-18-9-11-19(12-10-18)34(32,33)27-14-3-4-15-27)16-28-22(30)24(26-23(28)31)13-5-7-17-6-1-2-8-20(17)24/h1-2,6,8-12H,3-5,7,13-16H2,(H,25,29)(H,26,31)/t24-/m0/s1. The Kier molecular flexibility index (Phi) is 5.65. The number of rotatable bonds is 5. The number of carbonyl (C=O) groups is 3. The van der Waals surface area contributed by atoms with E-state index >= 15 is 0 Å². The van der Waals surface area contributed by atoms with Crippen LogP contribution in [0.2, 0.25) is 0 Å². The second kappa shape index (κ2) is 8.52. The molecule has 2 heterocycles. The summed E-state index contributed by atoms with van der Waals surface area (Å²) in [7, 11) is -3.54. The van der Waals surface area contributed by atoms with E-state index in [0.29, 0.717) is 25.2 Å². The Bertz CT molecular complexity index is 1250. The third-order valence-corrected chi connectivity index (χ3v) is 8.71. The van der Waals surface area contributed by atoms with Crippen molar-refractivity contribution >= 4 is 33.6 Å². The molecule has 2 N–H and O–H groups in total. The van der Waals surface area contributed by atoms with Gasteiger partial charge in [-0.1, -0.05) is 24.3 Å². The first kappa shape index (κ1) is 22.5. The van der Waals surface area contributed by atoms with Gasteiger partial charge in [-0.2, -0.15) is 4.31 Å². The molecule has 1 atom stereocenters. The fraction of sp³-hybridized carbons (Fsp3) is 0.375. The number of benzene rings is 2. The average Bonchev–Trinajstić information content (AvgIpc) is 3.45. The van der Waals surface area contributed by atoms with Gasteiger partial charge in [0.15, 0.2) is 0 Å². The fourth-order valence-electron chi connectivity index (χ4n) is 5.09. The summed E-state index contributed by atoms with van der Waals surface area (Å²) in [5.41, 5.74) is 1.07. The zero-order chi connectivity index (χ0) is 23.9. The lowest BCUT2D eigenvalue weighted by Crippen LogP contribution is -2.47. The van der Waals surface area contributed by atoms with Crippen LogP contribution in [0.25, 0.3) is 0 Å². The summed E-state index contributed by atoms with van der Waals surface area (Å²) in [6, 6.07) is 12.9. The van der Waals surface area contributed by atoms with Gasteiger partial charge in [-0.3, -0.25) is 14.5 Å². The Hall–Kier alpha value is -3.24. The summed E-state index contributed by atoms with van der Waals surface area (Å²) in [5.74, 6) is -0.966. The number of urea groups is 1. The Morgan fingerprint density at radius 1 is 1.00 bits per heavy atom. The third kappa shape index (κ3) is 3.76. The molecule has 2 saturated heterocycles. The van der Waals surface area contributed by atoms with E-state index in [1.165, 1.54) is 28.6 Å². The smallest absolute Gasteiger partial charge is 0.325 e. The quantitative estimate of drug-likeness (QED) is 0.634. The van der Waals surface area contributed by atoms with Gasteiger partial charge in [0.2, 0.25) is 15.9 Å². The van der Waals surface area contributed by atoms with Gasteiger partial charge in [0.1, 0.15) is 12.1 Å². The number of fused-ring (bicyclic) bond motifs is 2. The molecule has 5 rings (SSSR count). The zero-order valence-corrected chi connectivity index (χ0v) is 19.4. The normalized spacial score (nSPS) is 22.6. The highest BCUT2D eigenvalue weighted by atomic mass is 32.2. The lowest BCUT2D eigenvalue weighted by atomic mass is 9.76. The van der Waals surface area contributed by atoms with Crippen LogP contribution in [-0.2, 0) is 31.6 Å². The summed E-state index contributed by atoms with van der Waals surface area (Å²) >= 11 is 0. The molecule has 1 aliphatic carbocycles. The average molecular weight is 483 g/mol. The molecule has 2 aliphatic heterocycles. The Morgan fingerprint density at radius 2 is 1.71 bits per heavy atom. The minimum absolute atomic E-state index is 0.166. The molecule has 4 amide bonds. The molecule has 178 valence electrons. The van der Waals surface area contributed by atoms with E-state index in [2.05, 4.69) is 10.6 Å². The highest BCUT2D eigenvalue weighted by molar-refractivity contribution is 7.89. The van der Waals surface area contributed by atoms with E-state index in [9.17, 15) is 22.8 Å². The maximum absolute atomic E-state index is 13.3. The molecule has 9 nitrogen and oxygen atoms in total. The highest BCUT2D eigenvalue weighted by Crippen LogP contribution is 2.39. The Morgan fingerprint density at radius 3 is 2.44 bits per heavy atom. The van der Waals surface area contributed by atoms with E-state index in [-0.39, 0.29) is 4.90 Å². The first-order chi connectivity index (χ1) is 16.3. The second-order valence-electron chi connectivity index (χ2n) is 8.92. The molecule has 0 aromatic heterocycles. The van der Waals surface area contributed by atoms with Crippen LogP contribution in [0.3, 0.4) is 0 Å². The molecule has 0 unspecified atom stereocenters. The first-order valence-electron chi connectivity index (χ1n) is 11.4. The fourth-order valence-corrected chi connectivity index (χ4v) is 6.60. The van der Waals surface area contributed by atoms with E-state index in [0.717, 1.165) is 41.7 Å². The number of carbonyl (C=O) groups excluding carboxylic acids is 3.